The molecule has 0 amide bonds. The van der Waals surface area contributed by atoms with Crippen LogP contribution in [0.15, 0.2) is 73.6 Å². The molecule has 8 nitrogen and oxygen atoms in total. The predicted octanol–water partition coefficient (Wildman–Crippen LogP) is 4.20. The Kier molecular flexibility index (Phi) is 3.82. The number of nitrogen functional groups attached to an aromatic ring is 1. The van der Waals surface area contributed by atoms with Crippen LogP contribution in [0, 0.1) is 0 Å². The SMILES string of the molecule is Nc1cncc(-c2ccc3n[nH]c(C4Nc5cncc(-c6ccncc6)c5N4)c3c2)c1. The average molecular weight is 406 g/mol. The van der Waals surface area contributed by atoms with Crippen molar-refractivity contribution in [2.45, 2.75) is 6.17 Å². The van der Waals surface area contributed by atoms with Crippen LogP contribution in [0.4, 0.5) is 17.1 Å². The molecule has 8 heteroatoms. The third-order valence-electron chi connectivity index (χ3n) is 5.49. The van der Waals surface area contributed by atoms with Crippen molar-refractivity contribution in [2.24, 2.45) is 0 Å². The minimum absolute atomic E-state index is 0.168. The van der Waals surface area contributed by atoms with Crippen molar-refractivity contribution in [1.29, 1.82) is 0 Å². The molecule has 31 heavy (non-hydrogen) atoms. The number of anilines is 3. The molecular formula is C23H18N8. The summed E-state index contributed by atoms with van der Waals surface area (Å²) in [5.41, 5.74) is 14.4. The zero-order valence-corrected chi connectivity index (χ0v) is 16.4. The molecule has 1 unspecified atom stereocenters. The number of rotatable bonds is 3. The number of hydrogen-bond donors (Lipinski definition) is 4. The molecule has 5 aromatic rings. The lowest BCUT2D eigenvalue weighted by Gasteiger charge is -2.12. The molecule has 0 saturated heterocycles. The van der Waals surface area contributed by atoms with Crippen molar-refractivity contribution < 1.29 is 0 Å². The van der Waals surface area contributed by atoms with Crippen LogP contribution in [-0.4, -0.2) is 25.1 Å². The second kappa shape index (κ2) is 6.81. The first-order valence-electron chi connectivity index (χ1n) is 9.87. The van der Waals surface area contributed by atoms with E-state index in [4.69, 9.17) is 5.73 Å². The molecule has 0 aliphatic carbocycles. The summed E-state index contributed by atoms with van der Waals surface area (Å²) >= 11 is 0. The molecule has 6 rings (SSSR count). The van der Waals surface area contributed by atoms with Crippen molar-refractivity contribution in [3.63, 3.8) is 0 Å². The fourth-order valence-corrected chi connectivity index (χ4v) is 4.00. The van der Waals surface area contributed by atoms with Gasteiger partial charge in [0.15, 0.2) is 0 Å². The molecule has 0 bridgehead atoms. The zero-order chi connectivity index (χ0) is 20.8. The van der Waals surface area contributed by atoms with Gasteiger partial charge >= 0.3 is 0 Å². The molecule has 1 aliphatic rings. The molecule has 150 valence electrons. The van der Waals surface area contributed by atoms with E-state index in [0.29, 0.717) is 5.69 Å². The number of nitrogens with two attached hydrogens (primary N) is 1. The second-order valence-corrected chi connectivity index (χ2v) is 7.44. The summed E-state index contributed by atoms with van der Waals surface area (Å²) in [4.78, 5) is 12.7. The second-order valence-electron chi connectivity index (χ2n) is 7.44. The molecule has 5 heterocycles. The van der Waals surface area contributed by atoms with Crippen LogP contribution in [-0.2, 0) is 0 Å². The van der Waals surface area contributed by atoms with Crippen molar-refractivity contribution in [3.05, 3.63) is 79.3 Å². The number of benzene rings is 1. The van der Waals surface area contributed by atoms with Crippen LogP contribution < -0.4 is 16.4 Å². The molecular weight excluding hydrogens is 388 g/mol. The van der Waals surface area contributed by atoms with E-state index in [-0.39, 0.29) is 6.17 Å². The summed E-state index contributed by atoms with van der Waals surface area (Å²) in [6.07, 6.45) is 10.5. The number of aromatic nitrogens is 5. The standard InChI is InChI=1S/C23H18N8/c24-16-7-15(9-26-10-16)14-1-2-19-17(8-14)22(31-30-19)23-28-20-12-27-11-18(21(20)29-23)13-3-5-25-6-4-13/h1-12,23,28-29H,24H2,(H,30,31). The summed E-state index contributed by atoms with van der Waals surface area (Å²) in [6.45, 7) is 0. The maximum atomic E-state index is 5.92. The van der Waals surface area contributed by atoms with Crippen molar-refractivity contribution in [2.75, 3.05) is 16.4 Å². The predicted molar refractivity (Wildman–Crippen MR) is 121 cm³/mol. The number of pyridine rings is 3. The van der Waals surface area contributed by atoms with Gasteiger partial charge in [-0.3, -0.25) is 20.1 Å². The van der Waals surface area contributed by atoms with Gasteiger partial charge in [-0.25, -0.2) is 0 Å². The average Bonchev–Trinajstić information content (AvgIpc) is 3.43. The van der Waals surface area contributed by atoms with E-state index in [0.717, 1.165) is 50.2 Å². The molecule has 0 spiro atoms. The van der Waals surface area contributed by atoms with Gasteiger partial charge in [-0.1, -0.05) is 6.07 Å². The smallest absolute Gasteiger partial charge is 0.141 e. The number of H-pyrrole nitrogens is 1. The van der Waals surface area contributed by atoms with Gasteiger partial charge in [0.1, 0.15) is 6.17 Å². The Balaban J connectivity index is 1.40. The monoisotopic (exact) mass is 406 g/mol. The van der Waals surface area contributed by atoms with Crippen LogP contribution in [0.25, 0.3) is 33.2 Å². The number of hydrogen-bond acceptors (Lipinski definition) is 7. The highest BCUT2D eigenvalue weighted by Gasteiger charge is 2.27. The van der Waals surface area contributed by atoms with Crippen molar-refractivity contribution in [3.8, 4) is 22.3 Å². The number of nitrogens with one attached hydrogen (secondary N) is 3. The van der Waals surface area contributed by atoms with Crippen LogP contribution in [0.5, 0.6) is 0 Å². The number of nitrogens with zero attached hydrogens (tertiary/aromatic N) is 4. The van der Waals surface area contributed by atoms with Crippen LogP contribution in [0.2, 0.25) is 0 Å². The highest BCUT2D eigenvalue weighted by Crippen LogP contribution is 2.42. The largest absolute Gasteiger partial charge is 0.397 e. The summed E-state index contributed by atoms with van der Waals surface area (Å²) in [5, 5.41) is 15.8. The Bertz CT molecular complexity index is 1410. The Morgan fingerprint density at radius 3 is 2.52 bits per heavy atom. The number of fused-ring (bicyclic) bond motifs is 2. The normalized spacial score (nSPS) is 14.8. The van der Waals surface area contributed by atoms with E-state index in [1.54, 1.807) is 18.6 Å². The topological polar surface area (TPSA) is 117 Å². The summed E-state index contributed by atoms with van der Waals surface area (Å²) < 4.78 is 0. The minimum Gasteiger partial charge on any atom is -0.397 e. The summed E-state index contributed by atoms with van der Waals surface area (Å²) in [5.74, 6) is 0. The molecule has 0 radical (unpaired) electrons. The van der Waals surface area contributed by atoms with E-state index in [2.05, 4.69) is 41.8 Å². The Morgan fingerprint density at radius 2 is 1.65 bits per heavy atom. The molecule has 0 fully saturated rings. The van der Waals surface area contributed by atoms with E-state index in [9.17, 15) is 0 Å². The lowest BCUT2D eigenvalue weighted by molar-refractivity contribution is 0.874. The highest BCUT2D eigenvalue weighted by molar-refractivity contribution is 5.92. The van der Waals surface area contributed by atoms with Crippen LogP contribution in [0.3, 0.4) is 0 Å². The first kappa shape index (κ1) is 17.4. The van der Waals surface area contributed by atoms with Gasteiger partial charge in [-0.15, -0.1) is 0 Å². The van der Waals surface area contributed by atoms with Gasteiger partial charge in [-0.05, 0) is 41.5 Å². The Hall–Kier alpha value is -4.46. The van der Waals surface area contributed by atoms with Gasteiger partial charge in [-0.2, -0.15) is 5.10 Å². The Labute approximate surface area is 177 Å². The molecule has 1 aliphatic heterocycles. The first-order chi connectivity index (χ1) is 15.3. The summed E-state index contributed by atoms with van der Waals surface area (Å²) in [6, 6.07) is 12.0. The van der Waals surface area contributed by atoms with Crippen LogP contribution >= 0.6 is 0 Å². The van der Waals surface area contributed by atoms with Crippen molar-refractivity contribution in [1.82, 2.24) is 25.1 Å². The van der Waals surface area contributed by atoms with E-state index in [1.807, 2.05) is 48.9 Å². The molecule has 0 saturated carbocycles. The highest BCUT2D eigenvalue weighted by atomic mass is 15.2. The lowest BCUT2D eigenvalue weighted by Crippen LogP contribution is -2.13. The van der Waals surface area contributed by atoms with Crippen LogP contribution in [0.1, 0.15) is 11.9 Å². The zero-order valence-electron chi connectivity index (χ0n) is 16.4. The molecule has 1 atom stereocenters. The molecule has 5 N–H and O–H groups in total. The van der Waals surface area contributed by atoms with Gasteiger partial charge in [0.25, 0.3) is 0 Å². The van der Waals surface area contributed by atoms with Crippen molar-refractivity contribution >= 4 is 28.0 Å². The number of aromatic amines is 1. The first-order valence-corrected chi connectivity index (χ1v) is 9.87. The lowest BCUT2D eigenvalue weighted by atomic mass is 10.0. The van der Waals surface area contributed by atoms with Gasteiger partial charge < -0.3 is 16.4 Å². The van der Waals surface area contributed by atoms with E-state index >= 15 is 0 Å². The van der Waals surface area contributed by atoms with Gasteiger partial charge in [0.05, 0.1) is 34.5 Å². The third-order valence-corrected chi connectivity index (χ3v) is 5.49. The summed E-state index contributed by atoms with van der Waals surface area (Å²) in [7, 11) is 0. The third kappa shape index (κ3) is 2.93. The fraction of sp³-hybridized carbons (Fsp3) is 0.0435. The van der Waals surface area contributed by atoms with E-state index < -0.39 is 0 Å². The van der Waals surface area contributed by atoms with Gasteiger partial charge in [0, 0.05) is 47.5 Å². The fourth-order valence-electron chi connectivity index (χ4n) is 4.00. The van der Waals surface area contributed by atoms with Gasteiger partial charge in [0.2, 0.25) is 0 Å². The molecule has 4 aromatic heterocycles. The maximum absolute atomic E-state index is 5.92. The quantitative estimate of drug-likeness (QED) is 0.355. The molecule has 1 aromatic carbocycles. The Morgan fingerprint density at radius 1 is 0.774 bits per heavy atom. The maximum Gasteiger partial charge on any atom is 0.141 e. The van der Waals surface area contributed by atoms with E-state index in [1.165, 1.54) is 0 Å². The minimum atomic E-state index is -0.168.